The van der Waals surface area contributed by atoms with Crippen LogP contribution in [0.3, 0.4) is 0 Å². The molecule has 5 rings (SSSR count). The van der Waals surface area contributed by atoms with Crippen LogP contribution in [0.4, 0.5) is 0 Å². The molecule has 212 valence electrons. The van der Waals surface area contributed by atoms with E-state index >= 15 is 0 Å². The predicted octanol–water partition coefficient (Wildman–Crippen LogP) is 7.59. The van der Waals surface area contributed by atoms with Gasteiger partial charge in [-0.3, -0.25) is 0 Å². The molecule has 0 saturated carbocycles. The van der Waals surface area contributed by atoms with Crippen LogP contribution in [-0.4, -0.2) is 25.5 Å². The molecule has 5 aromatic carbocycles. The largest absolute Gasteiger partial charge is 0.508 e. The van der Waals surface area contributed by atoms with Gasteiger partial charge in [0.15, 0.2) is 0 Å². The SMILES string of the molecule is CC(C)(C)c1ccc2[cH-]c3ccc(C(C)(C)C)cc3c2c1.C[O-].C[O-].C[Si](C)=[Ti+2].Oc1ccc2ccccc2c1. The van der Waals surface area contributed by atoms with Crippen molar-refractivity contribution in [1.82, 2.24) is 0 Å². The number of aromatic hydroxyl groups is 1. The zero-order valence-corrected chi connectivity index (χ0v) is 28.4. The van der Waals surface area contributed by atoms with Gasteiger partial charge in [0.1, 0.15) is 5.75 Å². The number of phenolic OH excluding ortho intramolecular Hbond substituents is 1. The number of hydrogen-bond acceptors (Lipinski definition) is 3. The molecule has 0 amide bonds. The van der Waals surface area contributed by atoms with Crippen LogP contribution < -0.4 is 10.2 Å². The van der Waals surface area contributed by atoms with Crippen LogP contribution in [0, 0.1) is 0 Å². The average molecular weight is 590 g/mol. The summed E-state index contributed by atoms with van der Waals surface area (Å²) in [5.74, 6) is 0.323. The van der Waals surface area contributed by atoms with E-state index in [0.717, 1.165) is 25.0 Å². The van der Waals surface area contributed by atoms with E-state index in [1.807, 2.05) is 30.3 Å². The van der Waals surface area contributed by atoms with Crippen molar-refractivity contribution in [3.63, 3.8) is 0 Å². The second kappa shape index (κ2) is 16.2. The topological polar surface area (TPSA) is 66.3 Å². The summed E-state index contributed by atoms with van der Waals surface area (Å²) in [5, 5.41) is 33.4. The minimum absolute atomic E-state index is 0.120. The summed E-state index contributed by atoms with van der Waals surface area (Å²) in [5.41, 5.74) is 3.20. The fourth-order valence-corrected chi connectivity index (χ4v) is 4.11. The molecule has 1 N–H and O–H groups in total. The second-order valence-corrected chi connectivity index (χ2v) is 18.5. The first-order valence-corrected chi connectivity index (χ1v) is 18.3. The molecule has 5 aromatic rings. The van der Waals surface area contributed by atoms with Crippen LogP contribution in [-0.2, 0) is 30.0 Å². The summed E-state index contributed by atoms with van der Waals surface area (Å²) in [6.45, 7) is 18.2. The van der Waals surface area contributed by atoms with E-state index in [9.17, 15) is 0 Å². The van der Waals surface area contributed by atoms with Crippen molar-refractivity contribution < 1.29 is 34.5 Å². The molecule has 40 heavy (non-hydrogen) atoms. The standard InChI is InChI=1S/C21H25.C10H8O.C2H6Si.2CH3O.Ti/c1-20(2,3)16-9-7-14-11-15-8-10-17(21(4,5)6)13-19(15)18(14)12-16;11-10-6-5-8-3-1-2-4-9(8)7-10;1-3-2;2*1-2;/h7-13H,1-6H3;1-7,11H;1-2H3;2*1H3;/q-1;;;2*-1;+2. The molecule has 0 aliphatic rings. The van der Waals surface area contributed by atoms with Gasteiger partial charge < -0.3 is 15.3 Å². The Morgan fingerprint density at radius 3 is 1.43 bits per heavy atom. The Hall–Kier alpha value is -2.34. The minimum atomic E-state index is 0.120. The number of rotatable bonds is 0. The van der Waals surface area contributed by atoms with E-state index in [-0.39, 0.29) is 17.0 Å². The average Bonchev–Trinajstić information content (AvgIpc) is 3.27. The molecule has 0 spiro atoms. The molecular weight excluding hydrogens is 544 g/mol. The van der Waals surface area contributed by atoms with E-state index in [4.69, 9.17) is 15.3 Å². The van der Waals surface area contributed by atoms with Gasteiger partial charge in [0, 0.05) is 0 Å². The van der Waals surface area contributed by atoms with Crippen LogP contribution in [0.15, 0.2) is 84.9 Å². The van der Waals surface area contributed by atoms with Crippen molar-refractivity contribution in [3.8, 4) is 5.75 Å². The van der Waals surface area contributed by atoms with Gasteiger partial charge in [0.05, 0.1) is 0 Å². The van der Waals surface area contributed by atoms with Gasteiger partial charge in [-0.05, 0) is 33.7 Å². The summed E-state index contributed by atoms with van der Waals surface area (Å²) in [6.07, 6.45) is 0.120. The van der Waals surface area contributed by atoms with Crippen molar-refractivity contribution in [2.24, 2.45) is 0 Å². The Morgan fingerprint density at radius 1 is 0.625 bits per heavy atom. The van der Waals surface area contributed by atoms with Gasteiger partial charge in [-0.25, -0.2) is 0 Å². The Balaban J connectivity index is 0.000000352. The van der Waals surface area contributed by atoms with E-state index in [2.05, 4.69) is 116 Å². The third-order valence-corrected chi connectivity index (χ3v) is 6.17. The smallest absolute Gasteiger partial charge is 0.116 e. The zero-order valence-electron chi connectivity index (χ0n) is 25.8. The van der Waals surface area contributed by atoms with Gasteiger partial charge >= 0.3 is 38.5 Å². The molecule has 3 nitrogen and oxygen atoms in total. The fourth-order valence-electron chi connectivity index (χ4n) is 4.11. The maximum Gasteiger partial charge on any atom is 0.116 e. The van der Waals surface area contributed by atoms with Crippen LogP contribution >= 0.6 is 0 Å². The maximum absolute atomic E-state index is 9.13. The molecule has 0 fully saturated rings. The summed E-state index contributed by atoms with van der Waals surface area (Å²) >= 11 is 2.27. The van der Waals surface area contributed by atoms with Crippen molar-refractivity contribution in [1.29, 1.82) is 0 Å². The number of fused-ring (bicyclic) bond motifs is 4. The van der Waals surface area contributed by atoms with E-state index in [0.29, 0.717) is 5.75 Å². The van der Waals surface area contributed by atoms with E-state index in [1.54, 1.807) is 12.1 Å². The van der Waals surface area contributed by atoms with Crippen LogP contribution in [0.25, 0.3) is 32.3 Å². The molecule has 0 aliphatic carbocycles. The van der Waals surface area contributed by atoms with Gasteiger partial charge in [-0.1, -0.05) is 107 Å². The first-order valence-electron chi connectivity index (χ1n) is 13.4. The third-order valence-electron chi connectivity index (χ3n) is 6.17. The number of benzene rings is 4. The molecular formula is C35H45O3SiTi-. The zero-order chi connectivity index (χ0) is 30.7. The fraction of sp³-hybridized carbons (Fsp3) is 0.343. The van der Waals surface area contributed by atoms with Gasteiger partial charge in [-0.15, -0.1) is 39.7 Å². The first-order chi connectivity index (χ1) is 18.8. The molecule has 0 heterocycles. The van der Waals surface area contributed by atoms with Gasteiger partial charge in [-0.2, -0.15) is 14.2 Å². The van der Waals surface area contributed by atoms with E-state index < -0.39 is 0 Å². The van der Waals surface area contributed by atoms with Crippen LogP contribution in [0.1, 0.15) is 52.7 Å². The Morgan fingerprint density at radius 2 is 1.02 bits per heavy atom. The molecule has 0 aliphatic heterocycles. The van der Waals surface area contributed by atoms with E-state index in [1.165, 1.54) is 32.7 Å². The minimum Gasteiger partial charge on any atom is -0.508 e. The summed E-state index contributed by atoms with van der Waals surface area (Å²) in [6, 6.07) is 29.5. The van der Waals surface area contributed by atoms with Crippen molar-refractivity contribution in [2.45, 2.75) is 65.5 Å². The Kier molecular flexibility index (Phi) is 14.4. The molecule has 0 saturated heterocycles. The monoisotopic (exact) mass is 589 g/mol. The number of hydrogen-bond donors (Lipinski definition) is 1. The Labute approximate surface area is 253 Å². The van der Waals surface area contributed by atoms with Crippen molar-refractivity contribution in [3.05, 3.63) is 96.1 Å². The molecule has 5 heteroatoms. The first kappa shape index (κ1) is 35.7. The summed E-state index contributed by atoms with van der Waals surface area (Å²) < 4.78 is 0. The molecule has 0 radical (unpaired) electrons. The van der Waals surface area contributed by atoms with Crippen molar-refractivity contribution >= 4 is 38.5 Å². The van der Waals surface area contributed by atoms with Crippen molar-refractivity contribution in [2.75, 3.05) is 14.2 Å². The normalized spacial score (nSPS) is 10.8. The maximum atomic E-state index is 9.13. The Bertz CT molecular complexity index is 1430. The van der Waals surface area contributed by atoms with Gasteiger partial charge in [0.25, 0.3) is 0 Å². The second-order valence-electron chi connectivity index (χ2n) is 11.8. The molecule has 0 bridgehead atoms. The third kappa shape index (κ3) is 10.6. The molecule has 0 unspecified atom stereocenters. The number of phenols is 1. The van der Waals surface area contributed by atoms with Crippen LogP contribution in [0.2, 0.25) is 13.1 Å². The molecule has 0 atom stereocenters. The summed E-state index contributed by atoms with van der Waals surface area (Å²) in [7, 11) is 1.50. The predicted molar refractivity (Wildman–Crippen MR) is 169 cm³/mol. The van der Waals surface area contributed by atoms with Crippen LogP contribution in [0.5, 0.6) is 5.75 Å². The summed E-state index contributed by atoms with van der Waals surface area (Å²) in [4.78, 5) is 0. The molecule has 0 aromatic heterocycles. The quantitative estimate of drug-likeness (QED) is 0.150. The van der Waals surface area contributed by atoms with Gasteiger partial charge in [0.2, 0.25) is 0 Å².